The van der Waals surface area contributed by atoms with Gasteiger partial charge in [0.1, 0.15) is 6.33 Å². The van der Waals surface area contributed by atoms with Gasteiger partial charge in [0.25, 0.3) is 5.91 Å². The van der Waals surface area contributed by atoms with Crippen molar-refractivity contribution in [2.75, 3.05) is 17.2 Å². The Morgan fingerprint density at radius 1 is 1.26 bits per heavy atom. The van der Waals surface area contributed by atoms with E-state index in [0.717, 1.165) is 17.8 Å². The molecule has 1 amide bonds. The highest BCUT2D eigenvalue weighted by Gasteiger charge is 2.08. The maximum atomic E-state index is 12.0. The molecule has 1 heterocycles. The molecular formula is C14H16N4O. The fourth-order valence-electron chi connectivity index (χ4n) is 1.76. The van der Waals surface area contributed by atoms with E-state index in [1.807, 2.05) is 26.0 Å². The second-order valence-electron chi connectivity index (χ2n) is 4.14. The van der Waals surface area contributed by atoms with Crippen LogP contribution < -0.4 is 10.6 Å². The van der Waals surface area contributed by atoms with Crippen molar-refractivity contribution in [1.29, 1.82) is 0 Å². The van der Waals surface area contributed by atoms with Crippen LogP contribution in [0.2, 0.25) is 0 Å². The van der Waals surface area contributed by atoms with E-state index in [-0.39, 0.29) is 5.91 Å². The van der Waals surface area contributed by atoms with Crippen LogP contribution in [0.3, 0.4) is 0 Å². The van der Waals surface area contributed by atoms with E-state index in [1.54, 1.807) is 18.5 Å². The first-order chi connectivity index (χ1) is 9.20. The normalized spacial score (nSPS) is 10.0. The van der Waals surface area contributed by atoms with Crippen LogP contribution in [0, 0.1) is 6.92 Å². The maximum Gasteiger partial charge on any atom is 0.255 e. The third-order valence-corrected chi connectivity index (χ3v) is 2.67. The molecule has 0 aliphatic carbocycles. The van der Waals surface area contributed by atoms with Crippen LogP contribution in [0.4, 0.5) is 11.4 Å². The van der Waals surface area contributed by atoms with Gasteiger partial charge in [-0.2, -0.15) is 0 Å². The molecule has 1 aromatic carbocycles. The van der Waals surface area contributed by atoms with Gasteiger partial charge >= 0.3 is 0 Å². The maximum absolute atomic E-state index is 12.0. The van der Waals surface area contributed by atoms with Gasteiger partial charge in [-0.05, 0) is 37.6 Å². The molecule has 19 heavy (non-hydrogen) atoms. The Hall–Kier alpha value is -2.43. The molecule has 1 aromatic heterocycles. The molecule has 0 aliphatic heterocycles. The SMILES string of the molecule is CCNc1ccc(C(=O)Nc2cncnc2)cc1C. The van der Waals surface area contributed by atoms with E-state index in [1.165, 1.54) is 6.33 Å². The number of aromatic nitrogens is 2. The summed E-state index contributed by atoms with van der Waals surface area (Å²) in [6.07, 6.45) is 4.54. The molecule has 2 aromatic rings. The average Bonchev–Trinajstić information content (AvgIpc) is 2.42. The van der Waals surface area contributed by atoms with Crippen molar-refractivity contribution in [3.63, 3.8) is 0 Å². The molecule has 98 valence electrons. The highest BCUT2D eigenvalue weighted by molar-refractivity contribution is 6.04. The van der Waals surface area contributed by atoms with Gasteiger partial charge in [-0.25, -0.2) is 9.97 Å². The minimum Gasteiger partial charge on any atom is -0.385 e. The van der Waals surface area contributed by atoms with Crippen LogP contribution in [0.25, 0.3) is 0 Å². The van der Waals surface area contributed by atoms with Crippen molar-refractivity contribution in [3.8, 4) is 0 Å². The molecule has 0 saturated heterocycles. The van der Waals surface area contributed by atoms with Crippen molar-refractivity contribution in [2.45, 2.75) is 13.8 Å². The molecule has 2 N–H and O–H groups in total. The second-order valence-corrected chi connectivity index (χ2v) is 4.14. The van der Waals surface area contributed by atoms with Gasteiger partial charge in [-0.1, -0.05) is 0 Å². The molecule has 0 saturated carbocycles. The number of carbonyl (C=O) groups excluding carboxylic acids is 1. The Labute approximate surface area is 112 Å². The number of nitrogens with zero attached hydrogens (tertiary/aromatic N) is 2. The summed E-state index contributed by atoms with van der Waals surface area (Å²) >= 11 is 0. The highest BCUT2D eigenvalue weighted by atomic mass is 16.1. The summed E-state index contributed by atoms with van der Waals surface area (Å²) in [6.45, 7) is 4.86. The van der Waals surface area contributed by atoms with E-state index in [9.17, 15) is 4.79 Å². The number of carbonyl (C=O) groups is 1. The van der Waals surface area contributed by atoms with E-state index in [0.29, 0.717) is 11.3 Å². The fourth-order valence-corrected chi connectivity index (χ4v) is 1.76. The zero-order valence-electron chi connectivity index (χ0n) is 11.0. The van der Waals surface area contributed by atoms with Crippen LogP contribution in [-0.4, -0.2) is 22.4 Å². The zero-order chi connectivity index (χ0) is 13.7. The number of rotatable bonds is 4. The zero-order valence-corrected chi connectivity index (χ0v) is 11.0. The first-order valence-corrected chi connectivity index (χ1v) is 6.11. The van der Waals surface area contributed by atoms with Crippen molar-refractivity contribution in [1.82, 2.24) is 9.97 Å². The molecule has 0 bridgehead atoms. The molecule has 5 nitrogen and oxygen atoms in total. The standard InChI is InChI=1S/C14H16N4O/c1-3-17-13-5-4-11(6-10(13)2)14(19)18-12-7-15-9-16-8-12/h4-9,17H,3H2,1-2H3,(H,18,19). The third-order valence-electron chi connectivity index (χ3n) is 2.67. The smallest absolute Gasteiger partial charge is 0.255 e. The summed E-state index contributed by atoms with van der Waals surface area (Å²) in [5.74, 6) is -0.166. The average molecular weight is 256 g/mol. The summed E-state index contributed by atoms with van der Waals surface area (Å²) in [4.78, 5) is 19.8. The summed E-state index contributed by atoms with van der Waals surface area (Å²) in [6, 6.07) is 5.57. The lowest BCUT2D eigenvalue weighted by Gasteiger charge is -2.09. The van der Waals surface area contributed by atoms with Gasteiger partial charge in [-0.3, -0.25) is 4.79 Å². The third kappa shape index (κ3) is 3.28. The number of benzene rings is 1. The number of anilines is 2. The fraction of sp³-hybridized carbons (Fsp3) is 0.214. The monoisotopic (exact) mass is 256 g/mol. The lowest BCUT2D eigenvalue weighted by Crippen LogP contribution is -2.12. The Kier molecular flexibility index (Phi) is 4.07. The van der Waals surface area contributed by atoms with Gasteiger partial charge in [0.15, 0.2) is 0 Å². The molecule has 5 heteroatoms. The molecule has 0 fully saturated rings. The summed E-state index contributed by atoms with van der Waals surface area (Å²) in [7, 11) is 0. The van der Waals surface area contributed by atoms with Crippen LogP contribution >= 0.6 is 0 Å². The molecule has 0 atom stereocenters. The van der Waals surface area contributed by atoms with Crippen LogP contribution in [0.5, 0.6) is 0 Å². The van der Waals surface area contributed by atoms with Crippen molar-refractivity contribution in [3.05, 3.63) is 48.0 Å². The quantitative estimate of drug-likeness (QED) is 0.881. The topological polar surface area (TPSA) is 66.9 Å². The summed E-state index contributed by atoms with van der Waals surface area (Å²) in [5, 5.41) is 5.99. The Morgan fingerprint density at radius 3 is 2.63 bits per heavy atom. The van der Waals surface area contributed by atoms with Gasteiger partial charge in [0, 0.05) is 17.8 Å². The summed E-state index contributed by atoms with van der Waals surface area (Å²) in [5.41, 5.74) is 3.28. The predicted octanol–water partition coefficient (Wildman–Crippen LogP) is 2.47. The Bertz CT molecular complexity index is 569. The van der Waals surface area contributed by atoms with Gasteiger partial charge in [-0.15, -0.1) is 0 Å². The largest absolute Gasteiger partial charge is 0.385 e. The minimum absolute atomic E-state index is 0.166. The van der Waals surface area contributed by atoms with E-state index >= 15 is 0 Å². The number of hydrogen-bond donors (Lipinski definition) is 2. The van der Waals surface area contributed by atoms with Gasteiger partial charge < -0.3 is 10.6 Å². The van der Waals surface area contributed by atoms with Crippen LogP contribution in [0.15, 0.2) is 36.9 Å². The Balaban J connectivity index is 2.14. The molecule has 0 aliphatic rings. The van der Waals surface area contributed by atoms with Crippen molar-refractivity contribution < 1.29 is 4.79 Å². The molecule has 0 unspecified atom stereocenters. The molecular weight excluding hydrogens is 240 g/mol. The van der Waals surface area contributed by atoms with Crippen LogP contribution in [-0.2, 0) is 0 Å². The first kappa shape index (κ1) is 13.0. The van der Waals surface area contributed by atoms with E-state index in [4.69, 9.17) is 0 Å². The van der Waals surface area contributed by atoms with E-state index < -0.39 is 0 Å². The predicted molar refractivity (Wildman–Crippen MR) is 75.3 cm³/mol. The number of amides is 1. The molecule has 0 spiro atoms. The van der Waals surface area contributed by atoms with Crippen LogP contribution in [0.1, 0.15) is 22.8 Å². The molecule has 2 rings (SSSR count). The minimum atomic E-state index is -0.166. The highest BCUT2D eigenvalue weighted by Crippen LogP contribution is 2.17. The number of hydrogen-bond acceptors (Lipinski definition) is 4. The second kappa shape index (κ2) is 5.95. The van der Waals surface area contributed by atoms with Crippen molar-refractivity contribution in [2.24, 2.45) is 0 Å². The lowest BCUT2D eigenvalue weighted by molar-refractivity contribution is 0.102. The van der Waals surface area contributed by atoms with Gasteiger partial charge in [0.05, 0.1) is 18.1 Å². The van der Waals surface area contributed by atoms with Crippen molar-refractivity contribution >= 4 is 17.3 Å². The van der Waals surface area contributed by atoms with E-state index in [2.05, 4.69) is 20.6 Å². The first-order valence-electron chi connectivity index (χ1n) is 6.11. The number of aryl methyl sites for hydroxylation is 1. The molecule has 0 radical (unpaired) electrons. The Morgan fingerprint density at radius 2 is 2.00 bits per heavy atom. The van der Waals surface area contributed by atoms with Gasteiger partial charge in [0.2, 0.25) is 0 Å². The lowest BCUT2D eigenvalue weighted by atomic mass is 10.1. The number of nitrogens with one attached hydrogen (secondary N) is 2. The summed E-state index contributed by atoms with van der Waals surface area (Å²) < 4.78 is 0.